The number of ketones is 1. The van der Waals surface area contributed by atoms with Crippen molar-refractivity contribution in [1.82, 2.24) is 0 Å². The highest BCUT2D eigenvalue weighted by Gasteiger charge is 2.50. The fourth-order valence-electron chi connectivity index (χ4n) is 3.60. The van der Waals surface area contributed by atoms with Crippen LogP contribution in [0.3, 0.4) is 0 Å². The number of amides is 1. The molecule has 1 aliphatic heterocycles. The first-order chi connectivity index (χ1) is 13.9. The number of para-hydroxylation sites is 1. The van der Waals surface area contributed by atoms with E-state index in [4.69, 9.17) is 0 Å². The number of fused-ring (bicyclic) bond motifs is 1. The summed E-state index contributed by atoms with van der Waals surface area (Å²) in [5, 5.41) is 11.3. The summed E-state index contributed by atoms with van der Waals surface area (Å²) >= 11 is 3.33. The van der Waals surface area contributed by atoms with Gasteiger partial charge in [0.1, 0.15) is 5.82 Å². The van der Waals surface area contributed by atoms with Gasteiger partial charge in [-0.3, -0.25) is 9.59 Å². The normalized spacial score (nSPS) is 18.0. The van der Waals surface area contributed by atoms with E-state index < -0.39 is 11.5 Å². The first-order valence-corrected chi connectivity index (χ1v) is 9.85. The lowest BCUT2D eigenvalue weighted by Gasteiger charge is -2.23. The molecule has 1 N–H and O–H groups in total. The van der Waals surface area contributed by atoms with Crippen molar-refractivity contribution < 1.29 is 19.1 Å². The number of anilines is 1. The Kier molecular flexibility index (Phi) is 5.06. The van der Waals surface area contributed by atoms with E-state index in [0.717, 1.165) is 10.0 Å². The number of hydrogen-bond donors (Lipinski definition) is 1. The predicted molar refractivity (Wildman–Crippen MR) is 111 cm³/mol. The Hall–Kier alpha value is -2.83. The molecule has 1 amide bonds. The number of carbonyl (C=O) groups excluding carboxylic acids is 2. The summed E-state index contributed by atoms with van der Waals surface area (Å²) < 4.78 is 14.0. The highest BCUT2D eigenvalue weighted by atomic mass is 79.9. The first-order valence-electron chi connectivity index (χ1n) is 9.05. The van der Waals surface area contributed by atoms with Gasteiger partial charge in [-0.05, 0) is 35.9 Å². The van der Waals surface area contributed by atoms with Gasteiger partial charge in [0.2, 0.25) is 0 Å². The minimum atomic E-state index is -1.95. The number of carbonyl (C=O) groups is 2. The van der Waals surface area contributed by atoms with E-state index in [1.807, 2.05) is 0 Å². The molecule has 0 aliphatic carbocycles. The van der Waals surface area contributed by atoms with E-state index in [1.165, 1.54) is 17.0 Å². The topological polar surface area (TPSA) is 57.6 Å². The molecule has 3 aromatic carbocycles. The van der Waals surface area contributed by atoms with Crippen molar-refractivity contribution in [2.24, 2.45) is 0 Å². The van der Waals surface area contributed by atoms with Gasteiger partial charge in [0, 0.05) is 15.6 Å². The van der Waals surface area contributed by atoms with Crippen LogP contribution in [0.1, 0.15) is 27.9 Å². The Labute approximate surface area is 175 Å². The zero-order valence-corrected chi connectivity index (χ0v) is 16.9. The smallest absolute Gasteiger partial charge is 0.264 e. The summed E-state index contributed by atoms with van der Waals surface area (Å²) in [6.07, 6.45) is -0.362. The number of hydrogen-bond acceptors (Lipinski definition) is 3. The summed E-state index contributed by atoms with van der Waals surface area (Å²) in [6, 6.07) is 19.6. The van der Waals surface area contributed by atoms with Crippen molar-refractivity contribution in [1.29, 1.82) is 0 Å². The van der Waals surface area contributed by atoms with E-state index in [2.05, 4.69) is 15.9 Å². The fraction of sp³-hybridized carbons (Fsp3) is 0.130. The highest BCUT2D eigenvalue weighted by Crippen LogP contribution is 2.43. The van der Waals surface area contributed by atoms with Crippen LogP contribution < -0.4 is 4.90 Å². The van der Waals surface area contributed by atoms with Gasteiger partial charge in [-0.25, -0.2) is 4.39 Å². The zero-order chi connectivity index (χ0) is 20.6. The van der Waals surface area contributed by atoms with E-state index in [-0.39, 0.29) is 24.6 Å². The van der Waals surface area contributed by atoms with E-state index in [0.29, 0.717) is 16.8 Å². The van der Waals surface area contributed by atoms with E-state index in [1.54, 1.807) is 60.7 Å². The molecule has 1 heterocycles. The Morgan fingerprint density at radius 2 is 1.76 bits per heavy atom. The number of nitrogens with zero attached hydrogens (tertiary/aromatic N) is 1. The summed E-state index contributed by atoms with van der Waals surface area (Å²) in [5.41, 5.74) is 0.129. The molecule has 0 radical (unpaired) electrons. The molecule has 146 valence electrons. The van der Waals surface area contributed by atoms with Crippen molar-refractivity contribution in [2.45, 2.75) is 18.6 Å². The van der Waals surface area contributed by atoms with Crippen LogP contribution in [0.15, 0.2) is 77.3 Å². The van der Waals surface area contributed by atoms with Crippen LogP contribution in [0.25, 0.3) is 0 Å². The van der Waals surface area contributed by atoms with Gasteiger partial charge >= 0.3 is 0 Å². The van der Waals surface area contributed by atoms with Crippen LogP contribution in [0.2, 0.25) is 0 Å². The maximum Gasteiger partial charge on any atom is 0.264 e. The molecule has 0 unspecified atom stereocenters. The molecule has 4 rings (SSSR count). The third-order valence-corrected chi connectivity index (χ3v) is 5.55. The Balaban J connectivity index is 1.67. The summed E-state index contributed by atoms with van der Waals surface area (Å²) in [5.74, 6) is -1.26. The molecule has 6 heteroatoms. The highest BCUT2D eigenvalue weighted by molar-refractivity contribution is 9.10. The number of halogens is 2. The average molecular weight is 454 g/mol. The van der Waals surface area contributed by atoms with Gasteiger partial charge in [0.15, 0.2) is 11.4 Å². The second kappa shape index (κ2) is 7.54. The molecule has 0 bridgehead atoms. The third kappa shape index (κ3) is 3.61. The largest absolute Gasteiger partial charge is 0.375 e. The lowest BCUT2D eigenvalue weighted by molar-refractivity contribution is -0.136. The molecular weight excluding hydrogens is 437 g/mol. The summed E-state index contributed by atoms with van der Waals surface area (Å²) in [6.45, 7) is 0.170. The van der Waals surface area contributed by atoms with Crippen LogP contribution in [0.4, 0.5) is 10.1 Å². The molecule has 29 heavy (non-hydrogen) atoms. The number of aliphatic hydroxyl groups is 1. The van der Waals surface area contributed by atoms with Gasteiger partial charge in [-0.1, -0.05) is 58.4 Å². The second-order valence-corrected chi connectivity index (χ2v) is 7.92. The maximum absolute atomic E-state index is 13.2. The van der Waals surface area contributed by atoms with Crippen LogP contribution in [0.5, 0.6) is 0 Å². The Bertz CT molecular complexity index is 1100. The van der Waals surface area contributed by atoms with Gasteiger partial charge in [0.25, 0.3) is 5.91 Å². The van der Waals surface area contributed by atoms with Gasteiger partial charge in [0.05, 0.1) is 18.7 Å². The molecule has 4 nitrogen and oxygen atoms in total. The van der Waals surface area contributed by atoms with Crippen molar-refractivity contribution in [3.63, 3.8) is 0 Å². The lowest BCUT2D eigenvalue weighted by atomic mass is 9.88. The summed E-state index contributed by atoms with van der Waals surface area (Å²) in [4.78, 5) is 27.5. The SMILES string of the molecule is O=C(C[C@@]1(O)C(=O)N(Cc2ccc(F)cc2)c2ccccc21)c1cccc(Br)c1. The summed E-state index contributed by atoms with van der Waals surface area (Å²) in [7, 11) is 0. The molecule has 0 aromatic heterocycles. The fourth-order valence-corrected chi connectivity index (χ4v) is 4.00. The van der Waals surface area contributed by atoms with E-state index >= 15 is 0 Å². The molecule has 0 saturated heterocycles. The zero-order valence-electron chi connectivity index (χ0n) is 15.3. The second-order valence-electron chi connectivity index (χ2n) is 7.01. The number of Topliss-reactive ketones (excluding diaryl/α,β-unsaturated/α-hetero) is 1. The Morgan fingerprint density at radius 3 is 2.48 bits per heavy atom. The van der Waals surface area contributed by atoms with Crippen molar-refractivity contribution in [2.75, 3.05) is 4.90 Å². The van der Waals surface area contributed by atoms with Crippen LogP contribution in [-0.2, 0) is 16.9 Å². The van der Waals surface area contributed by atoms with Crippen LogP contribution in [-0.4, -0.2) is 16.8 Å². The maximum atomic E-state index is 13.2. The molecule has 3 aromatic rings. The van der Waals surface area contributed by atoms with Crippen molar-refractivity contribution in [3.05, 3.63) is 99.8 Å². The van der Waals surface area contributed by atoms with Crippen molar-refractivity contribution >= 4 is 33.3 Å². The average Bonchev–Trinajstić information content (AvgIpc) is 2.92. The number of rotatable bonds is 5. The van der Waals surface area contributed by atoms with Gasteiger partial charge in [-0.2, -0.15) is 0 Å². The van der Waals surface area contributed by atoms with Gasteiger partial charge in [-0.15, -0.1) is 0 Å². The molecule has 0 fully saturated rings. The standard InChI is InChI=1S/C23H17BrFNO3/c24-17-5-3-4-16(12-17)21(27)13-23(29)19-6-1-2-7-20(19)26(22(23)28)14-15-8-10-18(25)11-9-15/h1-12,29H,13-14H2/t23-/m0/s1. The van der Waals surface area contributed by atoms with Gasteiger partial charge < -0.3 is 10.0 Å². The Morgan fingerprint density at radius 1 is 1.03 bits per heavy atom. The molecule has 0 saturated carbocycles. The minimum Gasteiger partial charge on any atom is -0.375 e. The van der Waals surface area contributed by atoms with Crippen LogP contribution >= 0.6 is 15.9 Å². The van der Waals surface area contributed by atoms with Crippen LogP contribution in [0, 0.1) is 5.82 Å². The first kappa shape index (κ1) is 19.5. The molecule has 1 atom stereocenters. The molecule has 0 spiro atoms. The minimum absolute atomic E-state index is 0.170. The predicted octanol–water partition coefficient (Wildman–Crippen LogP) is 4.60. The van der Waals surface area contributed by atoms with E-state index in [9.17, 15) is 19.1 Å². The molecule has 1 aliphatic rings. The monoisotopic (exact) mass is 453 g/mol. The molecular formula is C23H17BrFNO3. The number of benzene rings is 3. The lowest BCUT2D eigenvalue weighted by Crippen LogP contribution is -2.41. The van der Waals surface area contributed by atoms with Crippen molar-refractivity contribution in [3.8, 4) is 0 Å². The quantitative estimate of drug-likeness (QED) is 0.574. The third-order valence-electron chi connectivity index (χ3n) is 5.06.